The van der Waals surface area contributed by atoms with Gasteiger partial charge in [0.1, 0.15) is 5.65 Å². The third-order valence-electron chi connectivity index (χ3n) is 6.03. The Bertz CT molecular complexity index is 1030. The molecule has 28 heavy (non-hydrogen) atoms. The standard InChI is InChI=1S/C23H26N4O/c1-3-27-6-4-19-18(13-27)8-16(9-21(19)22-14-28-7-5-24-22)17-10-20-15(2)11-25-23(20)26-12-17/h3,8-12,22,24H,1,4-7,13-14H2,2H3,(H,25,26). The van der Waals surface area contributed by atoms with E-state index in [0.717, 1.165) is 50.5 Å². The normalized spacial score (nSPS) is 19.6. The van der Waals surface area contributed by atoms with E-state index in [-0.39, 0.29) is 6.04 Å². The van der Waals surface area contributed by atoms with Gasteiger partial charge in [0.15, 0.2) is 0 Å². The minimum Gasteiger partial charge on any atom is -0.378 e. The number of fused-ring (bicyclic) bond motifs is 2. The van der Waals surface area contributed by atoms with Gasteiger partial charge in [-0.05, 0) is 65.6 Å². The van der Waals surface area contributed by atoms with Gasteiger partial charge in [0.2, 0.25) is 0 Å². The molecule has 1 fully saturated rings. The third-order valence-corrected chi connectivity index (χ3v) is 6.03. The largest absolute Gasteiger partial charge is 0.378 e. The number of aryl methyl sites for hydroxylation is 1. The molecule has 5 nitrogen and oxygen atoms in total. The second-order valence-corrected chi connectivity index (χ2v) is 7.78. The number of hydrogen-bond donors (Lipinski definition) is 2. The Kier molecular flexibility index (Phi) is 4.41. The molecule has 2 aliphatic heterocycles. The monoisotopic (exact) mass is 374 g/mol. The van der Waals surface area contributed by atoms with Crippen molar-refractivity contribution in [1.29, 1.82) is 0 Å². The SMILES string of the molecule is C=CN1CCc2c(cc(-c3cnc4[nH]cc(C)c4c3)cc2C2COCCN2)C1. The van der Waals surface area contributed by atoms with Gasteiger partial charge in [-0.1, -0.05) is 6.58 Å². The van der Waals surface area contributed by atoms with Crippen molar-refractivity contribution in [3.05, 3.63) is 65.6 Å². The lowest BCUT2D eigenvalue weighted by Crippen LogP contribution is -2.36. The summed E-state index contributed by atoms with van der Waals surface area (Å²) in [6, 6.07) is 7.18. The van der Waals surface area contributed by atoms with E-state index in [9.17, 15) is 0 Å². The summed E-state index contributed by atoms with van der Waals surface area (Å²) in [5.41, 5.74) is 8.78. The maximum atomic E-state index is 5.77. The highest BCUT2D eigenvalue weighted by Crippen LogP contribution is 2.34. The number of morpholine rings is 1. The predicted octanol–water partition coefficient (Wildman–Crippen LogP) is 3.70. The first-order valence-electron chi connectivity index (χ1n) is 10.0. The molecule has 3 aromatic rings. The molecule has 1 saturated heterocycles. The van der Waals surface area contributed by atoms with E-state index >= 15 is 0 Å². The summed E-state index contributed by atoms with van der Waals surface area (Å²) in [7, 11) is 0. The van der Waals surface area contributed by atoms with Crippen LogP contribution in [-0.2, 0) is 17.7 Å². The fourth-order valence-electron chi connectivity index (χ4n) is 4.45. The minimum absolute atomic E-state index is 0.253. The molecule has 0 bridgehead atoms. The Labute approximate surface area is 165 Å². The fourth-order valence-corrected chi connectivity index (χ4v) is 4.45. The van der Waals surface area contributed by atoms with Crippen molar-refractivity contribution in [2.24, 2.45) is 0 Å². The summed E-state index contributed by atoms with van der Waals surface area (Å²) < 4.78 is 5.77. The van der Waals surface area contributed by atoms with Crippen LogP contribution in [0.25, 0.3) is 22.2 Å². The van der Waals surface area contributed by atoms with Crippen LogP contribution in [-0.4, -0.2) is 41.2 Å². The second kappa shape index (κ2) is 7.08. The average molecular weight is 374 g/mol. The van der Waals surface area contributed by atoms with Crippen LogP contribution in [0.4, 0.5) is 0 Å². The summed E-state index contributed by atoms with van der Waals surface area (Å²) in [5, 5.41) is 4.83. The van der Waals surface area contributed by atoms with Gasteiger partial charge < -0.3 is 19.9 Å². The molecule has 2 aromatic heterocycles. The number of rotatable bonds is 3. The number of nitrogens with zero attached hydrogens (tertiary/aromatic N) is 2. The minimum atomic E-state index is 0.253. The Morgan fingerprint density at radius 3 is 3.04 bits per heavy atom. The van der Waals surface area contributed by atoms with E-state index in [1.807, 2.05) is 18.6 Å². The Morgan fingerprint density at radius 1 is 1.29 bits per heavy atom. The molecule has 1 unspecified atom stereocenters. The Morgan fingerprint density at radius 2 is 2.21 bits per heavy atom. The Hall–Kier alpha value is -2.63. The number of H-pyrrole nitrogens is 1. The van der Waals surface area contributed by atoms with Crippen LogP contribution in [0.3, 0.4) is 0 Å². The lowest BCUT2D eigenvalue weighted by Gasteiger charge is -2.33. The molecule has 1 atom stereocenters. The molecule has 4 heterocycles. The van der Waals surface area contributed by atoms with Crippen LogP contribution < -0.4 is 5.32 Å². The molecular formula is C23H26N4O. The number of benzene rings is 1. The van der Waals surface area contributed by atoms with E-state index < -0.39 is 0 Å². The summed E-state index contributed by atoms with van der Waals surface area (Å²) >= 11 is 0. The van der Waals surface area contributed by atoms with Gasteiger partial charge in [0.05, 0.1) is 19.3 Å². The van der Waals surface area contributed by atoms with Crippen LogP contribution in [0.5, 0.6) is 0 Å². The smallest absolute Gasteiger partial charge is 0.137 e. The number of aromatic amines is 1. The molecular weight excluding hydrogens is 348 g/mol. The average Bonchev–Trinajstić information content (AvgIpc) is 3.13. The molecule has 2 aliphatic rings. The summed E-state index contributed by atoms with van der Waals surface area (Å²) in [6.45, 7) is 10.4. The van der Waals surface area contributed by atoms with Crippen molar-refractivity contribution in [3.63, 3.8) is 0 Å². The van der Waals surface area contributed by atoms with Gasteiger partial charge in [-0.3, -0.25) is 0 Å². The number of hydrogen-bond acceptors (Lipinski definition) is 4. The van der Waals surface area contributed by atoms with Crippen LogP contribution >= 0.6 is 0 Å². The molecule has 0 radical (unpaired) electrons. The highest BCUT2D eigenvalue weighted by atomic mass is 16.5. The van der Waals surface area contributed by atoms with Gasteiger partial charge in [-0.2, -0.15) is 0 Å². The van der Waals surface area contributed by atoms with Crippen molar-refractivity contribution in [2.45, 2.75) is 25.9 Å². The van der Waals surface area contributed by atoms with Gasteiger partial charge in [-0.25, -0.2) is 4.98 Å². The molecule has 2 N–H and O–H groups in total. The predicted molar refractivity (Wildman–Crippen MR) is 112 cm³/mol. The van der Waals surface area contributed by atoms with Crippen LogP contribution in [0.2, 0.25) is 0 Å². The van der Waals surface area contributed by atoms with Crippen molar-refractivity contribution in [3.8, 4) is 11.1 Å². The van der Waals surface area contributed by atoms with E-state index in [1.54, 1.807) is 0 Å². The van der Waals surface area contributed by atoms with Crippen molar-refractivity contribution < 1.29 is 4.74 Å². The zero-order valence-electron chi connectivity index (χ0n) is 16.3. The van der Waals surface area contributed by atoms with Crippen molar-refractivity contribution in [1.82, 2.24) is 20.2 Å². The zero-order chi connectivity index (χ0) is 19.1. The number of nitrogens with one attached hydrogen (secondary N) is 2. The zero-order valence-corrected chi connectivity index (χ0v) is 16.3. The van der Waals surface area contributed by atoms with E-state index in [4.69, 9.17) is 4.74 Å². The highest BCUT2D eigenvalue weighted by molar-refractivity contribution is 5.84. The summed E-state index contributed by atoms with van der Waals surface area (Å²) in [6.07, 6.45) is 6.99. The summed E-state index contributed by atoms with van der Waals surface area (Å²) in [4.78, 5) is 10.2. The molecule has 0 spiro atoms. The van der Waals surface area contributed by atoms with Gasteiger partial charge >= 0.3 is 0 Å². The van der Waals surface area contributed by atoms with E-state index in [1.165, 1.54) is 33.2 Å². The van der Waals surface area contributed by atoms with E-state index in [2.05, 4.69) is 51.9 Å². The topological polar surface area (TPSA) is 53.2 Å². The number of ether oxygens (including phenoxy) is 1. The van der Waals surface area contributed by atoms with Gasteiger partial charge in [0, 0.05) is 43.0 Å². The molecule has 0 saturated carbocycles. The lowest BCUT2D eigenvalue weighted by atomic mass is 9.87. The number of aromatic nitrogens is 2. The maximum Gasteiger partial charge on any atom is 0.137 e. The van der Waals surface area contributed by atoms with Crippen LogP contribution in [0, 0.1) is 6.92 Å². The third kappa shape index (κ3) is 3.01. The first-order chi connectivity index (χ1) is 13.7. The lowest BCUT2D eigenvalue weighted by molar-refractivity contribution is 0.0765. The molecule has 5 heteroatoms. The second-order valence-electron chi connectivity index (χ2n) is 7.78. The molecule has 0 amide bonds. The molecule has 1 aromatic carbocycles. The van der Waals surface area contributed by atoms with E-state index in [0.29, 0.717) is 0 Å². The van der Waals surface area contributed by atoms with Crippen molar-refractivity contribution >= 4 is 11.0 Å². The first kappa shape index (κ1) is 17.5. The van der Waals surface area contributed by atoms with Crippen LogP contribution in [0.15, 0.2) is 43.4 Å². The van der Waals surface area contributed by atoms with Gasteiger partial charge in [0.25, 0.3) is 0 Å². The highest BCUT2D eigenvalue weighted by Gasteiger charge is 2.24. The molecule has 144 valence electrons. The summed E-state index contributed by atoms with van der Waals surface area (Å²) in [5.74, 6) is 0. The molecule has 0 aliphatic carbocycles. The maximum absolute atomic E-state index is 5.77. The van der Waals surface area contributed by atoms with Crippen molar-refractivity contribution in [2.75, 3.05) is 26.3 Å². The Balaban J connectivity index is 1.64. The first-order valence-corrected chi connectivity index (χ1v) is 10.0. The quantitative estimate of drug-likeness (QED) is 0.734. The fraction of sp³-hybridized carbons (Fsp3) is 0.348. The molecule has 5 rings (SSSR count). The van der Waals surface area contributed by atoms with Gasteiger partial charge in [-0.15, -0.1) is 0 Å². The van der Waals surface area contributed by atoms with Crippen LogP contribution in [0.1, 0.15) is 28.3 Å². The number of pyridine rings is 1.